The molecule has 5 heteroatoms. The molecule has 0 radical (unpaired) electrons. The van der Waals surface area contributed by atoms with Gasteiger partial charge >= 0.3 is 0 Å². The SMILES string of the molecule is c1ccc(-c2nc(-c3ccc(-c4ccc5c(c4)c4ccccc4c4nc(-c6ccccc6)sc54)cc3)nc(-c3ccc(-c4cccc5ccccc45)cc3)n2)cc1. The van der Waals surface area contributed by atoms with Crippen LogP contribution in [0, 0.1) is 0 Å². The highest BCUT2D eigenvalue weighted by molar-refractivity contribution is 7.22. The molecule has 266 valence electrons. The quantitative estimate of drug-likeness (QED) is 0.159. The number of thiazole rings is 1. The Kier molecular flexibility index (Phi) is 7.97. The van der Waals surface area contributed by atoms with Gasteiger partial charge in [-0.25, -0.2) is 19.9 Å². The van der Waals surface area contributed by atoms with Gasteiger partial charge in [0.25, 0.3) is 0 Å². The van der Waals surface area contributed by atoms with Crippen LogP contribution in [0.1, 0.15) is 0 Å². The van der Waals surface area contributed by atoms with Crippen LogP contribution in [0.2, 0.25) is 0 Å². The summed E-state index contributed by atoms with van der Waals surface area (Å²) in [6.07, 6.45) is 0. The van der Waals surface area contributed by atoms with Crippen LogP contribution in [0.25, 0.3) is 110 Å². The van der Waals surface area contributed by atoms with Crippen LogP contribution in [-0.2, 0) is 0 Å². The van der Waals surface area contributed by atoms with Crippen molar-refractivity contribution in [2.45, 2.75) is 0 Å². The maximum absolute atomic E-state index is 5.16. The van der Waals surface area contributed by atoms with Crippen molar-refractivity contribution in [3.8, 4) is 67.0 Å². The minimum Gasteiger partial charge on any atom is -0.235 e. The molecule has 0 amide bonds. The second-order valence-corrected chi connectivity index (χ2v) is 15.2. The Labute approximate surface area is 333 Å². The van der Waals surface area contributed by atoms with Gasteiger partial charge in [0.2, 0.25) is 0 Å². The predicted octanol–water partition coefficient (Wildman–Crippen LogP) is 13.9. The van der Waals surface area contributed by atoms with Crippen LogP contribution in [0.4, 0.5) is 0 Å². The third-order valence-electron chi connectivity index (χ3n) is 10.8. The van der Waals surface area contributed by atoms with E-state index in [-0.39, 0.29) is 0 Å². The fourth-order valence-electron chi connectivity index (χ4n) is 7.90. The molecule has 4 nitrogen and oxygen atoms in total. The van der Waals surface area contributed by atoms with Crippen molar-refractivity contribution in [2.75, 3.05) is 0 Å². The molecule has 0 N–H and O–H groups in total. The van der Waals surface area contributed by atoms with Crippen molar-refractivity contribution in [3.63, 3.8) is 0 Å². The highest BCUT2D eigenvalue weighted by Crippen LogP contribution is 2.42. The molecular weight excluding hydrogens is 713 g/mol. The Hall–Kier alpha value is -7.34. The maximum atomic E-state index is 5.16. The lowest BCUT2D eigenvalue weighted by Gasteiger charge is -2.11. The molecule has 0 aliphatic carbocycles. The average molecular weight is 745 g/mol. The first kappa shape index (κ1) is 33.0. The molecule has 9 aromatic carbocycles. The molecule has 0 fully saturated rings. The van der Waals surface area contributed by atoms with Gasteiger partial charge in [0.15, 0.2) is 17.5 Å². The second-order valence-electron chi connectivity index (χ2n) is 14.2. The summed E-state index contributed by atoms with van der Waals surface area (Å²) in [6.45, 7) is 0. The highest BCUT2D eigenvalue weighted by atomic mass is 32.1. The van der Waals surface area contributed by atoms with Crippen LogP contribution in [-0.4, -0.2) is 19.9 Å². The van der Waals surface area contributed by atoms with Crippen molar-refractivity contribution < 1.29 is 0 Å². The summed E-state index contributed by atoms with van der Waals surface area (Å²) in [5.74, 6) is 1.91. The molecule has 0 spiro atoms. The minimum atomic E-state index is 0.634. The smallest absolute Gasteiger partial charge is 0.164 e. The van der Waals surface area contributed by atoms with Gasteiger partial charge in [-0.05, 0) is 49.9 Å². The van der Waals surface area contributed by atoms with Crippen molar-refractivity contribution in [2.24, 2.45) is 0 Å². The number of benzene rings is 9. The van der Waals surface area contributed by atoms with Crippen LogP contribution >= 0.6 is 11.3 Å². The predicted molar refractivity (Wildman–Crippen MR) is 238 cm³/mol. The van der Waals surface area contributed by atoms with E-state index in [4.69, 9.17) is 19.9 Å². The Morgan fingerprint density at radius 3 is 1.49 bits per heavy atom. The van der Waals surface area contributed by atoms with Crippen molar-refractivity contribution in [1.29, 1.82) is 0 Å². The summed E-state index contributed by atoms with van der Waals surface area (Å²) < 4.78 is 1.22. The van der Waals surface area contributed by atoms with E-state index in [1.807, 2.05) is 36.4 Å². The Bertz CT molecular complexity index is 3260. The van der Waals surface area contributed by atoms with Gasteiger partial charge < -0.3 is 0 Å². The van der Waals surface area contributed by atoms with E-state index >= 15 is 0 Å². The molecule has 0 unspecified atom stereocenters. The summed E-state index contributed by atoms with van der Waals surface area (Å²) >= 11 is 1.76. The molecule has 2 heterocycles. The highest BCUT2D eigenvalue weighted by Gasteiger charge is 2.17. The monoisotopic (exact) mass is 744 g/mol. The number of aromatic nitrogens is 4. The fourth-order valence-corrected chi connectivity index (χ4v) is 9.02. The normalized spacial score (nSPS) is 11.5. The molecule has 0 bridgehead atoms. The molecule has 0 saturated heterocycles. The zero-order valence-electron chi connectivity index (χ0n) is 30.7. The zero-order valence-corrected chi connectivity index (χ0v) is 31.5. The van der Waals surface area contributed by atoms with Gasteiger partial charge in [-0.3, -0.25) is 0 Å². The van der Waals surface area contributed by atoms with Gasteiger partial charge in [-0.15, -0.1) is 11.3 Å². The second kappa shape index (κ2) is 13.7. The number of hydrogen-bond acceptors (Lipinski definition) is 5. The summed E-state index contributed by atoms with van der Waals surface area (Å²) in [5, 5.41) is 8.33. The van der Waals surface area contributed by atoms with Crippen LogP contribution in [0.5, 0.6) is 0 Å². The Morgan fingerprint density at radius 2 is 0.807 bits per heavy atom. The molecule has 11 rings (SSSR count). The number of fused-ring (bicyclic) bond motifs is 7. The molecule has 2 aromatic heterocycles. The van der Waals surface area contributed by atoms with Crippen LogP contribution < -0.4 is 0 Å². The van der Waals surface area contributed by atoms with E-state index in [2.05, 4.69) is 158 Å². The summed E-state index contributed by atoms with van der Waals surface area (Å²) in [5.41, 5.74) is 9.65. The lowest BCUT2D eigenvalue weighted by molar-refractivity contribution is 1.07. The minimum absolute atomic E-state index is 0.634. The molecule has 0 aliphatic heterocycles. The maximum Gasteiger partial charge on any atom is 0.164 e. The van der Waals surface area contributed by atoms with E-state index in [0.29, 0.717) is 17.5 Å². The number of hydrogen-bond donors (Lipinski definition) is 0. The number of nitrogens with zero attached hydrogens (tertiary/aromatic N) is 4. The molecule has 11 aromatic rings. The van der Waals surface area contributed by atoms with E-state index in [1.54, 1.807) is 11.3 Å². The fraction of sp³-hybridized carbons (Fsp3) is 0. The topological polar surface area (TPSA) is 51.6 Å². The summed E-state index contributed by atoms with van der Waals surface area (Å²) in [6, 6.07) is 68.1. The van der Waals surface area contributed by atoms with Crippen molar-refractivity contribution >= 4 is 53.9 Å². The summed E-state index contributed by atoms with van der Waals surface area (Å²) in [4.78, 5) is 20.2. The average Bonchev–Trinajstić information content (AvgIpc) is 3.76. The first-order chi connectivity index (χ1) is 28.2. The third kappa shape index (κ3) is 5.93. The van der Waals surface area contributed by atoms with Gasteiger partial charge in [0.05, 0.1) is 10.2 Å². The summed E-state index contributed by atoms with van der Waals surface area (Å²) in [7, 11) is 0. The van der Waals surface area contributed by atoms with Crippen molar-refractivity contribution in [1.82, 2.24) is 19.9 Å². The Morgan fingerprint density at radius 1 is 0.298 bits per heavy atom. The molecule has 57 heavy (non-hydrogen) atoms. The van der Waals surface area contributed by atoms with Gasteiger partial charge in [-0.1, -0.05) is 188 Å². The van der Waals surface area contributed by atoms with E-state index in [1.165, 1.54) is 42.6 Å². The molecule has 0 atom stereocenters. The molecular formula is C52H32N4S. The molecule has 0 saturated carbocycles. The lowest BCUT2D eigenvalue weighted by Crippen LogP contribution is -2.00. The van der Waals surface area contributed by atoms with E-state index in [0.717, 1.165) is 49.5 Å². The molecule has 0 aliphatic rings. The van der Waals surface area contributed by atoms with Crippen molar-refractivity contribution in [3.05, 3.63) is 194 Å². The van der Waals surface area contributed by atoms with Gasteiger partial charge in [-0.2, -0.15) is 0 Å². The van der Waals surface area contributed by atoms with Gasteiger partial charge in [0.1, 0.15) is 5.01 Å². The lowest BCUT2D eigenvalue weighted by atomic mass is 9.96. The van der Waals surface area contributed by atoms with Crippen LogP contribution in [0.3, 0.4) is 0 Å². The Balaban J connectivity index is 0.971. The third-order valence-corrected chi connectivity index (χ3v) is 11.9. The number of rotatable bonds is 6. The van der Waals surface area contributed by atoms with Gasteiger partial charge in [0, 0.05) is 33.0 Å². The van der Waals surface area contributed by atoms with E-state index < -0.39 is 0 Å². The zero-order chi connectivity index (χ0) is 37.7. The standard InChI is InChI=1S/C52H32N4S/c1-3-13-36(14-4-1)49-54-50(56-51(55-49)38-28-24-35(25-29-38)42-21-11-17-34-12-7-8-18-41(34)42)37-26-22-33(23-27-37)40-30-31-45-46(32-40)43-19-9-10-20-44(43)47-48(45)57-52(53-47)39-15-5-2-6-16-39/h1-32H. The first-order valence-corrected chi connectivity index (χ1v) is 19.9. The first-order valence-electron chi connectivity index (χ1n) is 19.0. The van der Waals surface area contributed by atoms with E-state index in [9.17, 15) is 0 Å². The largest absolute Gasteiger partial charge is 0.235 e. The van der Waals surface area contributed by atoms with Crippen LogP contribution in [0.15, 0.2) is 194 Å².